The number of hydrogen-bond acceptors (Lipinski definition) is 3. The van der Waals surface area contributed by atoms with Gasteiger partial charge in [0, 0.05) is 7.11 Å². The highest BCUT2D eigenvalue weighted by Crippen LogP contribution is 1.96. The Labute approximate surface area is 52.5 Å². The third-order valence-electron chi connectivity index (χ3n) is 0.593. The Kier molecular flexibility index (Phi) is 3.56. The second-order valence-corrected chi connectivity index (χ2v) is 1.47. The lowest BCUT2D eigenvalue weighted by Crippen LogP contribution is -2.17. The number of carbonyl (C=O) groups excluding carboxylic acids is 1. The molecule has 0 amide bonds. The van der Waals surface area contributed by atoms with Gasteiger partial charge in [-0.15, -0.1) is 0 Å². The van der Waals surface area contributed by atoms with Gasteiger partial charge in [0.05, 0.1) is 7.11 Å². The summed E-state index contributed by atoms with van der Waals surface area (Å²) < 4.78 is 8.60. The predicted molar refractivity (Wildman–Crippen MR) is 28.7 cm³/mol. The van der Waals surface area contributed by atoms with Gasteiger partial charge < -0.3 is 9.47 Å². The van der Waals surface area contributed by atoms with Crippen LogP contribution in [0.3, 0.4) is 0 Å². The maximum absolute atomic E-state index is 10.3. The average molecular weight is 139 g/mol. The van der Waals surface area contributed by atoms with Crippen LogP contribution < -0.4 is 0 Å². The molecule has 0 heterocycles. The third-order valence-corrected chi connectivity index (χ3v) is 0.950. The lowest BCUT2D eigenvalue weighted by Gasteiger charge is -2.01. The van der Waals surface area contributed by atoms with Crippen LogP contribution in [-0.4, -0.2) is 25.8 Å². The van der Waals surface area contributed by atoms with Gasteiger partial charge in [-0.1, -0.05) is 11.6 Å². The summed E-state index contributed by atoms with van der Waals surface area (Å²) in [7, 11) is 2.57. The van der Waals surface area contributed by atoms with Crippen molar-refractivity contribution in [3.63, 3.8) is 0 Å². The number of carbonyl (C=O) groups is 1. The van der Waals surface area contributed by atoms with Crippen molar-refractivity contribution >= 4 is 17.6 Å². The zero-order chi connectivity index (χ0) is 6.57. The molecule has 0 aromatic heterocycles. The van der Waals surface area contributed by atoms with E-state index in [0.29, 0.717) is 0 Å². The zero-order valence-electron chi connectivity index (χ0n) is 4.68. The number of esters is 1. The van der Waals surface area contributed by atoms with E-state index in [1.54, 1.807) is 0 Å². The maximum atomic E-state index is 10.3. The quantitative estimate of drug-likeness (QED) is 0.409. The standard InChI is InChI=1S/C4H7ClO3/c1-7-3(5)4(6)8-2/h3H,1-2H3/t3-/m0/s1. The summed E-state index contributed by atoms with van der Waals surface area (Å²) in [5, 5.41) is 0. The summed E-state index contributed by atoms with van der Waals surface area (Å²) in [6.07, 6.45) is 0. The normalized spacial score (nSPS) is 12.9. The van der Waals surface area contributed by atoms with E-state index in [9.17, 15) is 4.79 Å². The van der Waals surface area contributed by atoms with Crippen LogP contribution in [0.15, 0.2) is 0 Å². The highest BCUT2D eigenvalue weighted by atomic mass is 35.5. The summed E-state index contributed by atoms with van der Waals surface area (Å²) >= 11 is 5.22. The van der Waals surface area contributed by atoms with Crippen LogP contribution in [0.4, 0.5) is 0 Å². The fourth-order valence-corrected chi connectivity index (χ4v) is 0.278. The van der Waals surface area contributed by atoms with E-state index in [4.69, 9.17) is 11.6 Å². The molecule has 0 saturated carbocycles. The van der Waals surface area contributed by atoms with Crippen molar-refractivity contribution in [1.29, 1.82) is 0 Å². The average Bonchev–Trinajstić information content (AvgIpc) is 1.84. The summed E-state index contributed by atoms with van der Waals surface area (Å²) in [5.41, 5.74) is -0.972. The van der Waals surface area contributed by atoms with Crippen LogP contribution in [0, 0.1) is 0 Å². The van der Waals surface area contributed by atoms with Gasteiger partial charge in [0.1, 0.15) is 0 Å². The second-order valence-electron chi connectivity index (χ2n) is 1.07. The first-order chi connectivity index (χ1) is 3.72. The van der Waals surface area contributed by atoms with Crippen LogP contribution >= 0.6 is 11.6 Å². The molecule has 0 aromatic carbocycles. The van der Waals surface area contributed by atoms with Crippen LogP contribution in [0.2, 0.25) is 0 Å². The van der Waals surface area contributed by atoms with E-state index in [2.05, 4.69) is 9.47 Å². The molecule has 0 N–H and O–H groups in total. The van der Waals surface area contributed by atoms with E-state index < -0.39 is 11.5 Å². The van der Waals surface area contributed by atoms with Gasteiger partial charge in [-0.2, -0.15) is 0 Å². The Morgan fingerprint density at radius 2 is 2.12 bits per heavy atom. The molecule has 4 heteroatoms. The summed E-state index contributed by atoms with van der Waals surface area (Å²) in [6, 6.07) is 0. The molecule has 0 bridgehead atoms. The molecule has 0 aliphatic heterocycles. The van der Waals surface area contributed by atoms with Gasteiger partial charge in [-0.3, -0.25) is 0 Å². The fraction of sp³-hybridized carbons (Fsp3) is 0.750. The van der Waals surface area contributed by atoms with E-state index in [-0.39, 0.29) is 0 Å². The van der Waals surface area contributed by atoms with E-state index in [1.807, 2.05) is 0 Å². The molecule has 0 radical (unpaired) electrons. The van der Waals surface area contributed by atoms with E-state index in [0.717, 1.165) is 0 Å². The van der Waals surface area contributed by atoms with Crippen molar-refractivity contribution in [3.05, 3.63) is 0 Å². The first-order valence-corrected chi connectivity index (χ1v) is 2.40. The highest BCUT2D eigenvalue weighted by molar-refractivity contribution is 6.28. The van der Waals surface area contributed by atoms with Gasteiger partial charge in [-0.05, 0) is 0 Å². The second kappa shape index (κ2) is 3.69. The molecule has 0 fully saturated rings. The Morgan fingerprint density at radius 3 is 2.25 bits per heavy atom. The predicted octanol–water partition coefficient (Wildman–Crippen LogP) is 0.371. The largest absolute Gasteiger partial charge is 0.466 e. The molecule has 0 rings (SSSR count). The number of halogens is 1. The topological polar surface area (TPSA) is 35.5 Å². The van der Waals surface area contributed by atoms with Crippen molar-refractivity contribution in [1.82, 2.24) is 0 Å². The first kappa shape index (κ1) is 7.72. The van der Waals surface area contributed by atoms with Crippen molar-refractivity contribution in [2.24, 2.45) is 0 Å². The van der Waals surface area contributed by atoms with Crippen molar-refractivity contribution < 1.29 is 14.3 Å². The molecule has 8 heavy (non-hydrogen) atoms. The van der Waals surface area contributed by atoms with Gasteiger partial charge in [0.15, 0.2) is 0 Å². The Morgan fingerprint density at radius 1 is 1.62 bits per heavy atom. The van der Waals surface area contributed by atoms with Gasteiger partial charge >= 0.3 is 5.97 Å². The number of methoxy groups -OCH3 is 2. The molecule has 0 aliphatic rings. The lowest BCUT2D eigenvalue weighted by atomic mass is 10.7. The minimum absolute atomic E-state index is 0.575. The third kappa shape index (κ3) is 2.14. The summed E-state index contributed by atoms with van der Waals surface area (Å²) in [4.78, 5) is 10.3. The maximum Gasteiger partial charge on any atom is 0.350 e. The molecule has 0 saturated heterocycles. The molecular weight excluding hydrogens is 131 g/mol. The first-order valence-electron chi connectivity index (χ1n) is 1.97. The molecule has 0 aromatic rings. The number of alkyl halides is 1. The molecule has 0 spiro atoms. The monoisotopic (exact) mass is 138 g/mol. The summed E-state index contributed by atoms with van der Waals surface area (Å²) in [6.45, 7) is 0. The minimum atomic E-state index is -0.972. The smallest absolute Gasteiger partial charge is 0.350 e. The molecular formula is C4H7ClO3. The van der Waals surface area contributed by atoms with E-state index in [1.165, 1.54) is 14.2 Å². The molecule has 0 unspecified atom stereocenters. The van der Waals surface area contributed by atoms with Crippen LogP contribution in [0.25, 0.3) is 0 Å². The van der Waals surface area contributed by atoms with Crippen LogP contribution in [-0.2, 0) is 14.3 Å². The molecule has 3 nitrogen and oxygen atoms in total. The van der Waals surface area contributed by atoms with E-state index >= 15 is 0 Å². The van der Waals surface area contributed by atoms with Crippen molar-refractivity contribution in [2.45, 2.75) is 5.56 Å². The minimum Gasteiger partial charge on any atom is -0.466 e. The number of hydrogen-bond donors (Lipinski definition) is 0. The number of ether oxygens (including phenoxy) is 2. The summed E-state index contributed by atoms with van der Waals surface area (Å²) in [5.74, 6) is -0.575. The van der Waals surface area contributed by atoms with Crippen molar-refractivity contribution in [3.8, 4) is 0 Å². The molecule has 0 aliphatic carbocycles. The van der Waals surface area contributed by atoms with Crippen molar-refractivity contribution in [2.75, 3.05) is 14.2 Å². The molecule has 48 valence electrons. The van der Waals surface area contributed by atoms with Crippen LogP contribution in [0.1, 0.15) is 0 Å². The van der Waals surface area contributed by atoms with Gasteiger partial charge in [0.25, 0.3) is 0 Å². The Balaban J connectivity index is 3.46. The zero-order valence-corrected chi connectivity index (χ0v) is 5.44. The number of rotatable bonds is 2. The van der Waals surface area contributed by atoms with Crippen LogP contribution in [0.5, 0.6) is 0 Å². The lowest BCUT2D eigenvalue weighted by molar-refractivity contribution is -0.147. The van der Waals surface area contributed by atoms with Gasteiger partial charge in [0.2, 0.25) is 5.56 Å². The van der Waals surface area contributed by atoms with Gasteiger partial charge in [-0.25, -0.2) is 4.79 Å². The SMILES string of the molecule is COC(=O)[C@@H](Cl)OC. The Hall–Kier alpha value is -0.280. The molecule has 1 atom stereocenters. The highest BCUT2D eigenvalue weighted by Gasteiger charge is 2.12. The fourth-order valence-electron chi connectivity index (χ4n) is 0.189. The Bertz CT molecular complexity index is 83.4.